The molecule has 0 aromatic heterocycles. The molecule has 0 heterocycles. The van der Waals surface area contributed by atoms with Crippen LogP contribution in [0.1, 0.15) is 40.0 Å². The fourth-order valence-corrected chi connectivity index (χ4v) is 1.16. The maximum absolute atomic E-state index is 5.19. The third-order valence-electron chi connectivity index (χ3n) is 1.92. The summed E-state index contributed by atoms with van der Waals surface area (Å²) in [5.74, 6) is 0. The van der Waals surface area contributed by atoms with Gasteiger partial charge in [0.2, 0.25) is 0 Å². The number of methoxy groups -OCH3 is 1. The largest absolute Gasteiger partial charge is 0.381 e. The minimum absolute atomic E-state index is 0.494. The van der Waals surface area contributed by atoms with Crippen molar-refractivity contribution in [2.45, 2.75) is 46.1 Å². The van der Waals surface area contributed by atoms with Crippen LogP contribution in [0.3, 0.4) is 0 Å². The zero-order valence-electron chi connectivity index (χ0n) is 8.18. The minimum Gasteiger partial charge on any atom is -0.381 e. The molecule has 0 saturated heterocycles. The van der Waals surface area contributed by atoms with Gasteiger partial charge >= 0.3 is 0 Å². The second kappa shape index (κ2) is 6.41. The van der Waals surface area contributed by atoms with E-state index in [-0.39, 0.29) is 0 Å². The molecular formula is C10H20O. The first-order valence-corrected chi connectivity index (χ1v) is 4.51. The van der Waals surface area contributed by atoms with Crippen molar-refractivity contribution >= 4 is 0 Å². The summed E-state index contributed by atoms with van der Waals surface area (Å²) in [6.45, 7) is 6.19. The summed E-state index contributed by atoms with van der Waals surface area (Å²) < 4.78 is 5.19. The normalized spacial score (nSPS) is 23.3. The fourth-order valence-electron chi connectivity index (χ4n) is 1.16. The number of allylic oxidation sites excluding steroid dienone is 1. The van der Waals surface area contributed by atoms with Crippen molar-refractivity contribution < 1.29 is 4.74 Å². The molecule has 0 aliphatic heterocycles. The Balaban J connectivity index is 0.000000461. The molecule has 0 bridgehead atoms. The Morgan fingerprint density at radius 1 is 1.45 bits per heavy atom. The number of ether oxygens (including phenoxy) is 1. The van der Waals surface area contributed by atoms with Gasteiger partial charge in [-0.05, 0) is 26.2 Å². The van der Waals surface area contributed by atoms with Crippen molar-refractivity contribution in [3.05, 3.63) is 11.6 Å². The summed E-state index contributed by atoms with van der Waals surface area (Å²) in [4.78, 5) is 0. The van der Waals surface area contributed by atoms with E-state index in [1.54, 1.807) is 7.11 Å². The molecule has 66 valence electrons. The third kappa shape index (κ3) is 4.20. The summed E-state index contributed by atoms with van der Waals surface area (Å²) in [6, 6.07) is 0. The average Bonchev–Trinajstić information content (AvgIpc) is 2.10. The molecule has 1 heteroatoms. The highest BCUT2D eigenvalue weighted by Gasteiger charge is 2.09. The standard InChI is InChI=1S/C8H14O.C2H6/c1-7-3-5-8(9-2)6-4-7;1-2/h3,8H,4-6H2,1-2H3;1-2H3. The molecule has 1 atom stereocenters. The monoisotopic (exact) mass is 156 g/mol. The summed E-state index contributed by atoms with van der Waals surface area (Å²) in [5, 5.41) is 0. The van der Waals surface area contributed by atoms with Crippen LogP contribution in [0.25, 0.3) is 0 Å². The lowest BCUT2D eigenvalue weighted by atomic mass is 9.98. The Morgan fingerprint density at radius 3 is 2.45 bits per heavy atom. The number of hydrogen-bond acceptors (Lipinski definition) is 1. The summed E-state index contributed by atoms with van der Waals surface area (Å²) in [6.07, 6.45) is 6.31. The van der Waals surface area contributed by atoms with Crippen LogP contribution in [0.4, 0.5) is 0 Å². The summed E-state index contributed by atoms with van der Waals surface area (Å²) in [7, 11) is 1.79. The smallest absolute Gasteiger partial charge is 0.0608 e. The zero-order valence-corrected chi connectivity index (χ0v) is 8.18. The van der Waals surface area contributed by atoms with Gasteiger partial charge in [0, 0.05) is 7.11 Å². The van der Waals surface area contributed by atoms with Crippen LogP contribution in [0.5, 0.6) is 0 Å². The van der Waals surface area contributed by atoms with Gasteiger partial charge < -0.3 is 4.74 Å². The molecule has 0 radical (unpaired) electrons. The Morgan fingerprint density at radius 2 is 2.09 bits per heavy atom. The van der Waals surface area contributed by atoms with Gasteiger partial charge in [0.25, 0.3) is 0 Å². The highest BCUT2D eigenvalue weighted by atomic mass is 16.5. The molecular weight excluding hydrogens is 136 g/mol. The van der Waals surface area contributed by atoms with E-state index in [2.05, 4.69) is 13.0 Å². The molecule has 0 fully saturated rings. The Kier molecular flexibility index (Phi) is 6.24. The van der Waals surface area contributed by atoms with E-state index in [9.17, 15) is 0 Å². The molecule has 0 N–H and O–H groups in total. The van der Waals surface area contributed by atoms with E-state index in [4.69, 9.17) is 4.74 Å². The van der Waals surface area contributed by atoms with E-state index in [1.807, 2.05) is 13.8 Å². The lowest BCUT2D eigenvalue weighted by Gasteiger charge is -2.18. The maximum atomic E-state index is 5.19. The van der Waals surface area contributed by atoms with Gasteiger partial charge in [-0.1, -0.05) is 25.5 Å². The highest BCUT2D eigenvalue weighted by Crippen LogP contribution is 2.18. The predicted molar refractivity (Wildman–Crippen MR) is 49.8 cm³/mol. The molecule has 0 aromatic carbocycles. The van der Waals surface area contributed by atoms with Crippen LogP contribution in [-0.4, -0.2) is 13.2 Å². The highest BCUT2D eigenvalue weighted by molar-refractivity contribution is 5.03. The first-order chi connectivity index (χ1) is 5.33. The first-order valence-electron chi connectivity index (χ1n) is 4.51. The quantitative estimate of drug-likeness (QED) is 0.530. The molecule has 1 aliphatic rings. The van der Waals surface area contributed by atoms with E-state index < -0.39 is 0 Å². The molecule has 1 nitrogen and oxygen atoms in total. The molecule has 0 aromatic rings. The van der Waals surface area contributed by atoms with Crippen LogP contribution in [-0.2, 0) is 4.74 Å². The molecule has 0 amide bonds. The van der Waals surface area contributed by atoms with Gasteiger partial charge in [0.15, 0.2) is 0 Å². The topological polar surface area (TPSA) is 9.23 Å². The van der Waals surface area contributed by atoms with Crippen LogP contribution >= 0.6 is 0 Å². The van der Waals surface area contributed by atoms with E-state index in [0.717, 1.165) is 6.42 Å². The van der Waals surface area contributed by atoms with E-state index >= 15 is 0 Å². The van der Waals surface area contributed by atoms with Gasteiger partial charge in [-0.25, -0.2) is 0 Å². The zero-order chi connectivity index (χ0) is 8.69. The van der Waals surface area contributed by atoms with Crippen molar-refractivity contribution in [1.29, 1.82) is 0 Å². The molecule has 11 heavy (non-hydrogen) atoms. The number of rotatable bonds is 1. The van der Waals surface area contributed by atoms with Gasteiger partial charge in [0.05, 0.1) is 6.10 Å². The molecule has 1 rings (SSSR count). The van der Waals surface area contributed by atoms with Crippen molar-refractivity contribution in [2.24, 2.45) is 0 Å². The van der Waals surface area contributed by atoms with Crippen LogP contribution in [0, 0.1) is 0 Å². The third-order valence-corrected chi connectivity index (χ3v) is 1.92. The van der Waals surface area contributed by atoms with Crippen molar-refractivity contribution in [3.8, 4) is 0 Å². The Bertz CT molecular complexity index is 116. The average molecular weight is 156 g/mol. The van der Waals surface area contributed by atoms with Gasteiger partial charge in [-0.3, -0.25) is 0 Å². The van der Waals surface area contributed by atoms with Gasteiger partial charge in [-0.15, -0.1) is 0 Å². The van der Waals surface area contributed by atoms with E-state index in [0.29, 0.717) is 6.10 Å². The summed E-state index contributed by atoms with van der Waals surface area (Å²) >= 11 is 0. The molecule has 0 spiro atoms. The van der Waals surface area contributed by atoms with Gasteiger partial charge in [-0.2, -0.15) is 0 Å². The molecule has 0 saturated carbocycles. The fraction of sp³-hybridized carbons (Fsp3) is 0.800. The first kappa shape index (κ1) is 10.7. The Labute approximate surface area is 70.4 Å². The van der Waals surface area contributed by atoms with Crippen molar-refractivity contribution in [1.82, 2.24) is 0 Å². The second-order valence-electron chi connectivity index (χ2n) is 2.68. The van der Waals surface area contributed by atoms with Crippen LogP contribution < -0.4 is 0 Å². The Hall–Kier alpha value is -0.300. The van der Waals surface area contributed by atoms with E-state index in [1.165, 1.54) is 18.4 Å². The van der Waals surface area contributed by atoms with Crippen LogP contribution in [0.15, 0.2) is 11.6 Å². The predicted octanol–water partition coefficient (Wildman–Crippen LogP) is 3.16. The van der Waals surface area contributed by atoms with Crippen molar-refractivity contribution in [3.63, 3.8) is 0 Å². The SMILES string of the molecule is CC.COC1CC=C(C)CC1. The van der Waals surface area contributed by atoms with Crippen molar-refractivity contribution in [2.75, 3.05) is 7.11 Å². The lowest BCUT2D eigenvalue weighted by molar-refractivity contribution is 0.0941. The number of hydrogen-bond donors (Lipinski definition) is 0. The lowest BCUT2D eigenvalue weighted by Crippen LogP contribution is -2.12. The maximum Gasteiger partial charge on any atom is 0.0608 e. The van der Waals surface area contributed by atoms with Crippen LogP contribution in [0.2, 0.25) is 0 Å². The summed E-state index contributed by atoms with van der Waals surface area (Å²) in [5.41, 5.74) is 1.52. The molecule has 1 aliphatic carbocycles. The minimum atomic E-state index is 0.494. The second-order valence-corrected chi connectivity index (χ2v) is 2.68. The van der Waals surface area contributed by atoms with Gasteiger partial charge in [0.1, 0.15) is 0 Å². The molecule has 1 unspecified atom stereocenters.